The molecular weight excluding hydrogens is 315 g/mol. The molecule has 0 fully saturated rings. The van der Waals surface area contributed by atoms with E-state index in [1.54, 1.807) is 12.1 Å². The average Bonchev–Trinajstić information content (AvgIpc) is 2.47. The molecule has 0 N–H and O–H groups in total. The summed E-state index contributed by atoms with van der Waals surface area (Å²) in [6.07, 6.45) is 0.0250. The molecule has 2 aromatic carbocycles. The van der Waals surface area contributed by atoms with E-state index in [2.05, 4.69) is 0 Å². The second-order valence-corrected chi connectivity index (χ2v) is 6.45. The zero-order valence-electron chi connectivity index (χ0n) is 11.1. The SMILES string of the molecule is N#Cc1ccc(Cc2ccccc2S(=O)(=O)C(F)(F)F)cc1. The van der Waals surface area contributed by atoms with Crippen LogP contribution in [0.2, 0.25) is 0 Å². The van der Waals surface area contributed by atoms with Crippen molar-refractivity contribution in [2.75, 3.05) is 0 Å². The molecule has 0 heterocycles. The molecule has 0 spiro atoms. The minimum atomic E-state index is -5.39. The summed E-state index contributed by atoms with van der Waals surface area (Å²) in [5.74, 6) is 0. The first-order valence-corrected chi connectivity index (χ1v) is 7.62. The third kappa shape index (κ3) is 3.12. The van der Waals surface area contributed by atoms with Gasteiger partial charge in [-0.3, -0.25) is 0 Å². The molecule has 0 aliphatic rings. The number of benzene rings is 2. The third-order valence-corrected chi connectivity index (χ3v) is 4.63. The molecule has 0 atom stereocenters. The van der Waals surface area contributed by atoms with Gasteiger partial charge in [0.1, 0.15) is 0 Å². The van der Waals surface area contributed by atoms with Crippen molar-refractivity contribution in [3.8, 4) is 6.07 Å². The summed E-state index contributed by atoms with van der Waals surface area (Å²) in [5, 5.41) is 8.70. The van der Waals surface area contributed by atoms with Crippen LogP contribution in [0.5, 0.6) is 0 Å². The number of hydrogen-bond donors (Lipinski definition) is 0. The van der Waals surface area contributed by atoms with E-state index in [4.69, 9.17) is 5.26 Å². The fourth-order valence-electron chi connectivity index (χ4n) is 1.95. The van der Waals surface area contributed by atoms with Gasteiger partial charge in [-0.15, -0.1) is 0 Å². The summed E-state index contributed by atoms with van der Waals surface area (Å²) in [6.45, 7) is 0. The summed E-state index contributed by atoms with van der Waals surface area (Å²) in [7, 11) is -5.39. The highest BCUT2D eigenvalue weighted by atomic mass is 32.2. The van der Waals surface area contributed by atoms with Crippen LogP contribution in [0, 0.1) is 11.3 Å². The first kappa shape index (κ1) is 16.0. The van der Waals surface area contributed by atoms with Crippen molar-refractivity contribution in [3.05, 3.63) is 65.2 Å². The number of hydrogen-bond acceptors (Lipinski definition) is 3. The predicted octanol–water partition coefficient (Wildman–Crippen LogP) is 3.44. The number of alkyl halides is 3. The minimum Gasteiger partial charge on any atom is -0.214 e. The second kappa shape index (κ2) is 5.81. The Balaban J connectivity index is 2.43. The first-order valence-electron chi connectivity index (χ1n) is 6.14. The Hall–Kier alpha value is -2.33. The summed E-state index contributed by atoms with van der Waals surface area (Å²) < 4.78 is 61.3. The van der Waals surface area contributed by atoms with Gasteiger partial charge in [0.25, 0.3) is 9.84 Å². The summed E-state index contributed by atoms with van der Waals surface area (Å²) in [5.41, 5.74) is -4.25. The largest absolute Gasteiger partial charge is 0.501 e. The van der Waals surface area contributed by atoms with E-state index >= 15 is 0 Å². The van der Waals surface area contributed by atoms with Gasteiger partial charge in [0.2, 0.25) is 0 Å². The topological polar surface area (TPSA) is 57.9 Å². The van der Waals surface area contributed by atoms with Crippen molar-refractivity contribution in [1.82, 2.24) is 0 Å². The molecule has 0 aromatic heterocycles. The quantitative estimate of drug-likeness (QED) is 0.868. The Kier molecular flexibility index (Phi) is 4.24. The summed E-state index contributed by atoms with van der Waals surface area (Å²) in [6, 6.07) is 13.2. The van der Waals surface area contributed by atoms with Crippen LogP contribution in [-0.2, 0) is 16.3 Å². The molecule has 2 rings (SSSR count). The standard InChI is InChI=1S/C15H10F3NO2S/c16-15(17,18)22(20,21)14-4-2-1-3-13(14)9-11-5-7-12(10-19)8-6-11/h1-8H,9H2. The molecule has 0 unspecified atom stereocenters. The van der Waals surface area contributed by atoms with Gasteiger partial charge < -0.3 is 0 Å². The van der Waals surface area contributed by atoms with Crippen LogP contribution in [-0.4, -0.2) is 13.9 Å². The van der Waals surface area contributed by atoms with Crippen LogP contribution in [0.15, 0.2) is 53.4 Å². The predicted molar refractivity (Wildman–Crippen MR) is 73.6 cm³/mol. The van der Waals surface area contributed by atoms with Gasteiger partial charge in [-0.25, -0.2) is 8.42 Å². The highest BCUT2D eigenvalue weighted by molar-refractivity contribution is 7.92. The zero-order valence-corrected chi connectivity index (χ0v) is 11.9. The number of rotatable bonds is 3. The number of nitriles is 1. The molecule has 0 aliphatic heterocycles. The molecule has 114 valence electrons. The molecule has 0 radical (unpaired) electrons. The van der Waals surface area contributed by atoms with Crippen LogP contribution in [0.3, 0.4) is 0 Å². The smallest absolute Gasteiger partial charge is 0.214 e. The van der Waals surface area contributed by atoms with Gasteiger partial charge in [-0.1, -0.05) is 30.3 Å². The molecule has 22 heavy (non-hydrogen) atoms. The normalized spacial score (nSPS) is 11.9. The van der Waals surface area contributed by atoms with E-state index < -0.39 is 20.2 Å². The number of nitrogens with zero attached hydrogens (tertiary/aromatic N) is 1. The lowest BCUT2D eigenvalue weighted by Crippen LogP contribution is -2.24. The minimum absolute atomic E-state index is 0.0250. The third-order valence-electron chi connectivity index (χ3n) is 3.04. The highest BCUT2D eigenvalue weighted by Gasteiger charge is 2.47. The Bertz CT molecular complexity index is 819. The van der Waals surface area contributed by atoms with Crippen molar-refractivity contribution in [2.24, 2.45) is 0 Å². The van der Waals surface area contributed by atoms with Gasteiger partial charge in [0, 0.05) is 0 Å². The molecule has 0 bridgehead atoms. The molecule has 0 saturated carbocycles. The van der Waals surface area contributed by atoms with E-state index in [0.717, 1.165) is 6.07 Å². The van der Waals surface area contributed by atoms with Crippen LogP contribution in [0.1, 0.15) is 16.7 Å². The maximum Gasteiger partial charge on any atom is 0.501 e. The van der Waals surface area contributed by atoms with Gasteiger partial charge in [0.05, 0.1) is 16.5 Å². The Labute approximate surface area is 125 Å². The first-order chi connectivity index (χ1) is 10.3. The monoisotopic (exact) mass is 325 g/mol. The number of halogens is 3. The molecule has 0 aliphatic carbocycles. The van der Waals surface area contributed by atoms with Gasteiger partial charge >= 0.3 is 5.51 Å². The molecule has 0 saturated heterocycles. The number of sulfone groups is 1. The maximum absolute atomic E-state index is 12.7. The van der Waals surface area contributed by atoms with Gasteiger partial charge in [-0.05, 0) is 35.7 Å². The molecule has 0 amide bonds. The van der Waals surface area contributed by atoms with Crippen molar-refractivity contribution in [2.45, 2.75) is 16.8 Å². The van der Waals surface area contributed by atoms with Crippen LogP contribution >= 0.6 is 0 Å². The summed E-state index contributed by atoms with van der Waals surface area (Å²) >= 11 is 0. The van der Waals surface area contributed by atoms with E-state index in [1.165, 1.54) is 30.3 Å². The van der Waals surface area contributed by atoms with E-state index in [-0.39, 0.29) is 12.0 Å². The summed E-state index contributed by atoms with van der Waals surface area (Å²) in [4.78, 5) is -0.744. The fourth-order valence-corrected chi connectivity index (χ4v) is 2.95. The Morgan fingerprint density at radius 1 is 1.00 bits per heavy atom. The molecule has 3 nitrogen and oxygen atoms in total. The Morgan fingerprint density at radius 2 is 1.59 bits per heavy atom. The van der Waals surface area contributed by atoms with E-state index in [0.29, 0.717) is 11.1 Å². The molecule has 7 heteroatoms. The maximum atomic E-state index is 12.7. The van der Waals surface area contributed by atoms with Crippen molar-refractivity contribution in [3.63, 3.8) is 0 Å². The van der Waals surface area contributed by atoms with E-state index in [1.807, 2.05) is 6.07 Å². The van der Waals surface area contributed by atoms with Crippen LogP contribution < -0.4 is 0 Å². The van der Waals surface area contributed by atoms with Gasteiger partial charge in [-0.2, -0.15) is 18.4 Å². The van der Waals surface area contributed by atoms with Gasteiger partial charge in [0.15, 0.2) is 0 Å². The molecule has 2 aromatic rings. The van der Waals surface area contributed by atoms with Crippen molar-refractivity contribution in [1.29, 1.82) is 5.26 Å². The lowest BCUT2D eigenvalue weighted by Gasteiger charge is -2.12. The fraction of sp³-hybridized carbons (Fsp3) is 0.133. The van der Waals surface area contributed by atoms with Crippen LogP contribution in [0.4, 0.5) is 13.2 Å². The average molecular weight is 325 g/mol. The lowest BCUT2D eigenvalue weighted by molar-refractivity contribution is -0.0436. The van der Waals surface area contributed by atoms with Crippen LogP contribution in [0.25, 0.3) is 0 Å². The molecular formula is C15H10F3NO2S. The van der Waals surface area contributed by atoms with Crippen molar-refractivity contribution < 1.29 is 21.6 Å². The van der Waals surface area contributed by atoms with Crippen molar-refractivity contribution >= 4 is 9.84 Å². The second-order valence-electron chi connectivity index (χ2n) is 4.54. The zero-order chi connectivity index (χ0) is 16.4. The lowest BCUT2D eigenvalue weighted by atomic mass is 10.0. The Morgan fingerprint density at radius 3 is 2.14 bits per heavy atom. The highest BCUT2D eigenvalue weighted by Crippen LogP contribution is 2.32. The van der Waals surface area contributed by atoms with E-state index in [9.17, 15) is 21.6 Å².